The van der Waals surface area contributed by atoms with Crippen LogP contribution >= 0.6 is 23.2 Å². The maximum Gasteiger partial charge on any atom is 0.410 e. The summed E-state index contributed by atoms with van der Waals surface area (Å²) in [6.45, 7) is 7.78. The molecule has 2 amide bonds. The predicted octanol–water partition coefficient (Wildman–Crippen LogP) is 3.81. The van der Waals surface area contributed by atoms with Crippen molar-refractivity contribution in [2.24, 2.45) is 0 Å². The molecule has 1 saturated heterocycles. The number of carbonyl (C=O) groups excluding carboxylic acids is 2. The van der Waals surface area contributed by atoms with Crippen molar-refractivity contribution in [3.63, 3.8) is 0 Å². The van der Waals surface area contributed by atoms with Crippen LogP contribution in [0.2, 0.25) is 10.0 Å². The first-order chi connectivity index (χ1) is 12.1. The summed E-state index contributed by atoms with van der Waals surface area (Å²) in [5.74, 6) is -0.213. The van der Waals surface area contributed by atoms with E-state index in [4.69, 9.17) is 32.7 Å². The van der Waals surface area contributed by atoms with E-state index in [1.807, 2.05) is 20.8 Å². The summed E-state index contributed by atoms with van der Waals surface area (Å²) in [6, 6.07) is 4.76. The van der Waals surface area contributed by atoms with Crippen molar-refractivity contribution in [1.82, 2.24) is 10.2 Å². The maximum absolute atomic E-state index is 12.4. The standard InChI is InChI=1S/C18H24Cl2N2O4/c1-11(23)21-15-10-22(17(24)26-18(2,3)4)7-8-25-16(15)12-5-6-13(19)14(20)9-12/h5-6,9,15-16H,7-8,10H2,1-4H3,(H,21,23)/t15-,16-/m0/s1. The van der Waals surface area contributed by atoms with E-state index < -0.39 is 23.8 Å². The van der Waals surface area contributed by atoms with Gasteiger partial charge in [-0.05, 0) is 38.5 Å². The van der Waals surface area contributed by atoms with Crippen LogP contribution in [0.15, 0.2) is 18.2 Å². The second-order valence-electron chi connectivity index (χ2n) is 7.20. The fourth-order valence-electron chi connectivity index (χ4n) is 2.72. The van der Waals surface area contributed by atoms with E-state index in [0.717, 1.165) is 5.56 Å². The molecule has 2 atom stereocenters. The Kier molecular flexibility index (Phi) is 6.77. The van der Waals surface area contributed by atoms with E-state index in [1.165, 1.54) is 6.92 Å². The molecule has 1 aromatic rings. The third-order valence-electron chi connectivity index (χ3n) is 3.75. The lowest BCUT2D eigenvalue weighted by molar-refractivity contribution is -0.120. The summed E-state index contributed by atoms with van der Waals surface area (Å²) in [5.41, 5.74) is 0.181. The van der Waals surface area contributed by atoms with Crippen molar-refractivity contribution >= 4 is 35.2 Å². The van der Waals surface area contributed by atoms with Crippen molar-refractivity contribution in [3.05, 3.63) is 33.8 Å². The fourth-order valence-corrected chi connectivity index (χ4v) is 3.03. The van der Waals surface area contributed by atoms with Gasteiger partial charge in [0.15, 0.2) is 0 Å². The zero-order valence-corrected chi connectivity index (χ0v) is 16.9. The number of carbonyl (C=O) groups is 2. The number of hydrogen-bond donors (Lipinski definition) is 1. The van der Waals surface area contributed by atoms with Gasteiger partial charge < -0.3 is 19.7 Å². The highest BCUT2D eigenvalue weighted by molar-refractivity contribution is 6.42. The topological polar surface area (TPSA) is 67.9 Å². The number of ether oxygens (including phenoxy) is 2. The molecule has 0 spiro atoms. The van der Waals surface area contributed by atoms with Crippen LogP contribution in [0.1, 0.15) is 39.4 Å². The Balaban J connectivity index is 2.25. The van der Waals surface area contributed by atoms with E-state index in [0.29, 0.717) is 23.2 Å². The molecular formula is C18H24Cl2N2O4. The van der Waals surface area contributed by atoms with Gasteiger partial charge >= 0.3 is 6.09 Å². The van der Waals surface area contributed by atoms with Crippen LogP contribution in [-0.4, -0.2) is 48.2 Å². The largest absolute Gasteiger partial charge is 0.444 e. The summed E-state index contributed by atoms with van der Waals surface area (Å²) in [6.07, 6.45) is -0.896. The van der Waals surface area contributed by atoms with E-state index in [9.17, 15) is 9.59 Å². The third-order valence-corrected chi connectivity index (χ3v) is 4.49. The number of amides is 2. The van der Waals surface area contributed by atoms with E-state index in [1.54, 1.807) is 23.1 Å². The first kappa shape index (κ1) is 20.8. The lowest BCUT2D eigenvalue weighted by Gasteiger charge is -2.30. The molecule has 0 aromatic heterocycles. The van der Waals surface area contributed by atoms with Crippen LogP contribution in [0.3, 0.4) is 0 Å². The van der Waals surface area contributed by atoms with E-state index in [2.05, 4.69) is 5.32 Å². The molecular weight excluding hydrogens is 379 g/mol. The lowest BCUT2D eigenvalue weighted by atomic mass is 10.0. The average Bonchev–Trinajstić information content (AvgIpc) is 2.70. The Labute approximate surface area is 163 Å². The zero-order valence-electron chi connectivity index (χ0n) is 15.3. The minimum absolute atomic E-state index is 0.213. The van der Waals surface area contributed by atoms with Crippen molar-refractivity contribution in [2.75, 3.05) is 19.7 Å². The van der Waals surface area contributed by atoms with Gasteiger partial charge in [0.1, 0.15) is 11.7 Å². The SMILES string of the molecule is CC(=O)N[C@H]1CN(C(=O)OC(C)(C)C)CCO[C@H]1c1ccc(Cl)c(Cl)c1. The van der Waals surface area contributed by atoms with Crippen LogP contribution in [0.4, 0.5) is 4.79 Å². The van der Waals surface area contributed by atoms with Crippen molar-refractivity contribution in [1.29, 1.82) is 0 Å². The summed E-state index contributed by atoms with van der Waals surface area (Å²) < 4.78 is 11.4. The summed E-state index contributed by atoms with van der Waals surface area (Å²) in [7, 11) is 0. The Bertz CT molecular complexity index is 676. The molecule has 8 heteroatoms. The van der Waals surface area contributed by atoms with Gasteiger partial charge in [0.2, 0.25) is 5.91 Å². The smallest absolute Gasteiger partial charge is 0.410 e. The zero-order chi connectivity index (χ0) is 19.5. The van der Waals surface area contributed by atoms with Gasteiger partial charge in [-0.15, -0.1) is 0 Å². The van der Waals surface area contributed by atoms with Crippen LogP contribution in [0.5, 0.6) is 0 Å². The number of hydrogen-bond acceptors (Lipinski definition) is 4. The van der Waals surface area contributed by atoms with E-state index in [-0.39, 0.29) is 12.5 Å². The molecule has 1 aromatic carbocycles. The van der Waals surface area contributed by atoms with Crippen molar-refractivity contribution < 1.29 is 19.1 Å². The molecule has 0 radical (unpaired) electrons. The van der Waals surface area contributed by atoms with Gasteiger partial charge in [-0.3, -0.25) is 4.79 Å². The van der Waals surface area contributed by atoms with Gasteiger partial charge in [-0.2, -0.15) is 0 Å². The quantitative estimate of drug-likeness (QED) is 0.816. The molecule has 1 aliphatic heterocycles. The third kappa shape index (κ3) is 5.76. The minimum atomic E-state index is -0.600. The van der Waals surface area contributed by atoms with Gasteiger partial charge in [0, 0.05) is 20.0 Å². The normalized spacial score (nSPS) is 21.1. The van der Waals surface area contributed by atoms with Crippen LogP contribution < -0.4 is 5.32 Å². The monoisotopic (exact) mass is 402 g/mol. The van der Waals surface area contributed by atoms with Crippen LogP contribution in [-0.2, 0) is 14.3 Å². The molecule has 0 unspecified atom stereocenters. The second kappa shape index (κ2) is 8.46. The fraction of sp³-hybridized carbons (Fsp3) is 0.556. The number of nitrogens with zero attached hydrogens (tertiary/aromatic N) is 1. The number of benzene rings is 1. The highest BCUT2D eigenvalue weighted by Crippen LogP contribution is 2.30. The first-order valence-electron chi connectivity index (χ1n) is 8.38. The number of halogens is 2. The highest BCUT2D eigenvalue weighted by Gasteiger charge is 2.33. The lowest BCUT2D eigenvalue weighted by Crippen LogP contribution is -2.48. The number of nitrogens with one attached hydrogen (secondary N) is 1. The molecule has 1 heterocycles. The summed E-state index contributed by atoms with van der Waals surface area (Å²) >= 11 is 12.1. The van der Waals surface area contributed by atoms with Gasteiger partial charge in [-0.1, -0.05) is 29.3 Å². The molecule has 26 heavy (non-hydrogen) atoms. The van der Waals surface area contributed by atoms with Gasteiger partial charge in [0.25, 0.3) is 0 Å². The van der Waals surface area contributed by atoms with E-state index >= 15 is 0 Å². The maximum atomic E-state index is 12.4. The van der Waals surface area contributed by atoms with Crippen molar-refractivity contribution in [2.45, 2.75) is 45.4 Å². The van der Waals surface area contributed by atoms with Gasteiger partial charge in [-0.25, -0.2) is 4.79 Å². The second-order valence-corrected chi connectivity index (χ2v) is 8.01. The molecule has 6 nitrogen and oxygen atoms in total. The molecule has 2 rings (SSSR count). The van der Waals surface area contributed by atoms with Gasteiger partial charge in [0.05, 0.1) is 22.7 Å². The summed E-state index contributed by atoms with van der Waals surface area (Å²) in [5, 5.41) is 3.71. The summed E-state index contributed by atoms with van der Waals surface area (Å²) in [4.78, 5) is 25.7. The van der Waals surface area contributed by atoms with Crippen LogP contribution in [0, 0.1) is 0 Å². The molecule has 0 saturated carbocycles. The highest BCUT2D eigenvalue weighted by atomic mass is 35.5. The Morgan fingerprint density at radius 3 is 2.54 bits per heavy atom. The Hall–Kier alpha value is -1.50. The molecule has 1 aliphatic rings. The minimum Gasteiger partial charge on any atom is -0.444 e. The Morgan fingerprint density at radius 2 is 1.96 bits per heavy atom. The molecule has 1 fully saturated rings. The molecule has 1 N–H and O–H groups in total. The molecule has 0 aliphatic carbocycles. The predicted molar refractivity (Wildman–Crippen MR) is 101 cm³/mol. The van der Waals surface area contributed by atoms with Crippen molar-refractivity contribution in [3.8, 4) is 0 Å². The molecule has 0 bridgehead atoms. The first-order valence-corrected chi connectivity index (χ1v) is 9.14. The molecule has 144 valence electrons. The van der Waals surface area contributed by atoms with Crippen LogP contribution in [0.25, 0.3) is 0 Å². The average molecular weight is 403 g/mol. The Morgan fingerprint density at radius 1 is 1.27 bits per heavy atom. The number of rotatable bonds is 2.